The summed E-state index contributed by atoms with van der Waals surface area (Å²) in [6.07, 6.45) is 3.53. The molecular weight excluding hydrogens is 320 g/mol. The van der Waals surface area contributed by atoms with E-state index in [1.807, 2.05) is 24.4 Å². The minimum absolute atomic E-state index is 0.251. The highest BCUT2D eigenvalue weighted by molar-refractivity contribution is 5.94. The fourth-order valence-corrected chi connectivity index (χ4v) is 2.87. The van der Waals surface area contributed by atoms with Gasteiger partial charge in [-0.1, -0.05) is 0 Å². The molecule has 0 aromatic carbocycles. The highest BCUT2D eigenvalue weighted by Gasteiger charge is 2.12. The van der Waals surface area contributed by atoms with Gasteiger partial charge in [0.2, 0.25) is 11.4 Å². The molecule has 0 spiro atoms. The van der Waals surface area contributed by atoms with E-state index in [1.165, 1.54) is 19.2 Å². The van der Waals surface area contributed by atoms with Crippen molar-refractivity contribution in [1.82, 2.24) is 19.9 Å². The number of fused-ring (bicyclic) bond motifs is 1. The molecule has 4 aromatic heterocycles. The van der Waals surface area contributed by atoms with Crippen LogP contribution in [0.2, 0.25) is 0 Å². The van der Waals surface area contributed by atoms with Crippen molar-refractivity contribution in [1.29, 1.82) is 0 Å². The van der Waals surface area contributed by atoms with E-state index in [2.05, 4.69) is 19.9 Å². The van der Waals surface area contributed by atoms with Crippen LogP contribution in [0.5, 0.6) is 5.88 Å². The predicted octanol–water partition coefficient (Wildman–Crippen LogP) is 2.28. The number of hydrogen-bond acceptors (Lipinski definition) is 4. The molecule has 4 heterocycles. The van der Waals surface area contributed by atoms with Crippen molar-refractivity contribution in [3.8, 4) is 28.3 Å². The summed E-state index contributed by atoms with van der Waals surface area (Å²) in [5.74, 6) is 0.292. The maximum atomic E-state index is 12.2. The standard InChI is InChI=1S/C18H14N4O3/c1-25-18-12(4-5-15(23)22-18)14-7-10(8-16(24)21-14)13-9-20-17-11(13)3-2-6-19-17/h2-9H,1H3,(H,19,20)(H,21,24)(H,22,23). The van der Waals surface area contributed by atoms with Crippen LogP contribution >= 0.6 is 0 Å². The molecular formula is C18H14N4O3. The van der Waals surface area contributed by atoms with Crippen LogP contribution < -0.4 is 15.9 Å². The average Bonchev–Trinajstić information content (AvgIpc) is 3.05. The van der Waals surface area contributed by atoms with E-state index < -0.39 is 0 Å². The molecule has 4 rings (SSSR count). The Morgan fingerprint density at radius 3 is 2.72 bits per heavy atom. The summed E-state index contributed by atoms with van der Waals surface area (Å²) in [7, 11) is 1.46. The number of methoxy groups -OCH3 is 1. The summed E-state index contributed by atoms with van der Waals surface area (Å²) in [5.41, 5.74) is 2.99. The molecule has 0 saturated heterocycles. The summed E-state index contributed by atoms with van der Waals surface area (Å²) in [4.78, 5) is 36.4. The third-order valence-corrected chi connectivity index (χ3v) is 3.98. The van der Waals surface area contributed by atoms with E-state index >= 15 is 0 Å². The van der Waals surface area contributed by atoms with Crippen molar-refractivity contribution in [3.63, 3.8) is 0 Å². The third-order valence-electron chi connectivity index (χ3n) is 3.98. The number of hydrogen-bond donors (Lipinski definition) is 3. The van der Waals surface area contributed by atoms with Crippen LogP contribution in [0.15, 0.2) is 58.4 Å². The molecule has 0 aliphatic rings. The minimum Gasteiger partial charge on any atom is -0.482 e. The second kappa shape index (κ2) is 5.79. The lowest BCUT2D eigenvalue weighted by Gasteiger charge is -2.09. The number of nitrogens with one attached hydrogen (secondary N) is 3. The average molecular weight is 334 g/mol. The first-order valence-corrected chi connectivity index (χ1v) is 7.60. The van der Waals surface area contributed by atoms with E-state index in [4.69, 9.17) is 4.74 Å². The zero-order chi connectivity index (χ0) is 17.4. The van der Waals surface area contributed by atoms with Crippen molar-refractivity contribution in [2.24, 2.45) is 0 Å². The highest BCUT2D eigenvalue weighted by Crippen LogP contribution is 2.30. The largest absolute Gasteiger partial charge is 0.482 e. The number of aromatic nitrogens is 4. The molecule has 25 heavy (non-hydrogen) atoms. The SMILES string of the molecule is COc1[nH]c(=O)ccc1-c1cc(-c2c[nH]c3ncccc23)cc(=O)[nH]1. The molecule has 0 aliphatic heterocycles. The molecule has 0 saturated carbocycles. The normalized spacial score (nSPS) is 10.9. The Morgan fingerprint density at radius 2 is 1.88 bits per heavy atom. The molecule has 124 valence electrons. The first-order valence-electron chi connectivity index (χ1n) is 7.60. The molecule has 0 amide bonds. The van der Waals surface area contributed by atoms with E-state index in [9.17, 15) is 9.59 Å². The summed E-state index contributed by atoms with van der Waals surface area (Å²) in [6.45, 7) is 0. The molecule has 0 radical (unpaired) electrons. The Bertz CT molecular complexity index is 1190. The van der Waals surface area contributed by atoms with E-state index in [0.29, 0.717) is 17.1 Å². The highest BCUT2D eigenvalue weighted by atomic mass is 16.5. The zero-order valence-corrected chi connectivity index (χ0v) is 13.3. The number of pyridine rings is 3. The van der Waals surface area contributed by atoms with Crippen molar-refractivity contribution >= 4 is 11.0 Å². The maximum absolute atomic E-state index is 12.2. The van der Waals surface area contributed by atoms with Gasteiger partial charge in [-0.3, -0.25) is 14.6 Å². The maximum Gasteiger partial charge on any atom is 0.250 e. The Kier molecular flexibility index (Phi) is 3.46. The molecule has 0 bridgehead atoms. The van der Waals surface area contributed by atoms with Crippen molar-refractivity contribution in [3.05, 3.63) is 69.5 Å². The summed E-state index contributed by atoms with van der Waals surface area (Å²) < 4.78 is 5.23. The van der Waals surface area contributed by atoms with Gasteiger partial charge in [0, 0.05) is 35.5 Å². The summed E-state index contributed by atoms with van der Waals surface area (Å²) in [6, 6.07) is 10.2. The first-order chi connectivity index (χ1) is 12.2. The number of aromatic amines is 3. The van der Waals surface area contributed by atoms with Crippen molar-refractivity contribution in [2.45, 2.75) is 0 Å². The van der Waals surface area contributed by atoms with Crippen LogP contribution in [0, 0.1) is 0 Å². The fourth-order valence-electron chi connectivity index (χ4n) is 2.87. The van der Waals surface area contributed by atoms with Crippen LogP contribution in [0.3, 0.4) is 0 Å². The molecule has 0 fully saturated rings. The number of nitrogens with zero attached hydrogens (tertiary/aromatic N) is 1. The molecule has 0 atom stereocenters. The number of H-pyrrole nitrogens is 3. The lowest BCUT2D eigenvalue weighted by molar-refractivity contribution is 0.398. The van der Waals surface area contributed by atoms with Crippen LogP contribution in [-0.2, 0) is 0 Å². The summed E-state index contributed by atoms with van der Waals surface area (Å²) >= 11 is 0. The van der Waals surface area contributed by atoms with Gasteiger partial charge in [0.05, 0.1) is 18.4 Å². The Morgan fingerprint density at radius 1 is 1.00 bits per heavy atom. The number of rotatable bonds is 3. The Hall–Kier alpha value is -3.61. The molecule has 3 N–H and O–H groups in total. The molecule has 0 aliphatic carbocycles. The smallest absolute Gasteiger partial charge is 0.250 e. The van der Waals surface area contributed by atoms with Gasteiger partial charge in [-0.25, -0.2) is 4.98 Å². The quantitative estimate of drug-likeness (QED) is 0.535. The molecule has 7 heteroatoms. The summed E-state index contributed by atoms with van der Waals surface area (Å²) in [5, 5.41) is 0.924. The lowest BCUT2D eigenvalue weighted by atomic mass is 10.0. The first kappa shape index (κ1) is 14.9. The van der Waals surface area contributed by atoms with E-state index in [-0.39, 0.29) is 11.1 Å². The monoisotopic (exact) mass is 334 g/mol. The molecule has 4 aromatic rings. The second-order valence-corrected chi connectivity index (χ2v) is 5.52. The topological polar surface area (TPSA) is 104 Å². The van der Waals surface area contributed by atoms with Gasteiger partial charge in [0.25, 0.3) is 5.56 Å². The lowest BCUT2D eigenvalue weighted by Crippen LogP contribution is -2.09. The minimum atomic E-state index is -0.276. The van der Waals surface area contributed by atoms with Gasteiger partial charge in [-0.2, -0.15) is 0 Å². The van der Waals surface area contributed by atoms with Gasteiger partial charge in [-0.05, 0) is 29.8 Å². The molecule has 0 unspecified atom stereocenters. The van der Waals surface area contributed by atoms with Gasteiger partial charge < -0.3 is 14.7 Å². The Labute approximate surface area is 141 Å². The van der Waals surface area contributed by atoms with Crippen LogP contribution in [0.1, 0.15) is 0 Å². The number of ether oxygens (including phenoxy) is 1. The van der Waals surface area contributed by atoms with Gasteiger partial charge in [0.1, 0.15) is 5.65 Å². The van der Waals surface area contributed by atoms with Crippen LogP contribution in [-0.4, -0.2) is 27.0 Å². The van der Waals surface area contributed by atoms with Gasteiger partial charge in [0.15, 0.2) is 0 Å². The Balaban J connectivity index is 1.93. The van der Waals surface area contributed by atoms with Gasteiger partial charge in [-0.15, -0.1) is 0 Å². The van der Waals surface area contributed by atoms with Crippen molar-refractivity contribution < 1.29 is 4.74 Å². The molecule has 7 nitrogen and oxygen atoms in total. The predicted molar refractivity (Wildman–Crippen MR) is 94.8 cm³/mol. The fraction of sp³-hybridized carbons (Fsp3) is 0.0556. The van der Waals surface area contributed by atoms with Gasteiger partial charge >= 0.3 is 0 Å². The third kappa shape index (κ3) is 2.61. The van der Waals surface area contributed by atoms with Crippen molar-refractivity contribution in [2.75, 3.05) is 7.11 Å². The van der Waals surface area contributed by atoms with E-state index in [0.717, 1.165) is 22.2 Å². The van der Waals surface area contributed by atoms with E-state index in [1.54, 1.807) is 12.3 Å². The van der Waals surface area contributed by atoms with Crippen LogP contribution in [0.4, 0.5) is 0 Å². The zero-order valence-electron chi connectivity index (χ0n) is 13.3. The second-order valence-electron chi connectivity index (χ2n) is 5.52. The van der Waals surface area contributed by atoms with Crippen LogP contribution in [0.25, 0.3) is 33.4 Å².